The standard InChI is InChI=1S/C12H12BrN3O2/c1-12(3-4-12)8-5-7(11(17)18-2)14-10-6-9(13)15-16(8)10/h5-6H,3-4H2,1-2H3. The number of ether oxygens (including phenoxy) is 1. The van der Waals surface area contributed by atoms with Crippen LogP contribution in [0.1, 0.15) is 35.9 Å². The number of halogens is 1. The highest BCUT2D eigenvalue weighted by atomic mass is 79.9. The van der Waals surface area contributed by atoms with Crippen LogP contribution >= 0.6 is 15.9 Å². The molecular weight excluding hydrogens is 298 g/mol. The molecule has 1 fully saturated rings. The summed E-state index contributed by atoms with van der Waals surface area (Å²) in [5, 5.41) is 4.36. The van der Waals surface area contributed by atoms with Crippen LogP contribution in [0.4, 0.5) is 0 Å². The molecular formula is C12H12BrN3O2. The van der Waals surface area contributed by atoms with E-state index in [2.05, 4.69) is 32.9 Å². The molecule has 2 heterocycles. The Morgan fingerprint density at radius 2 is 2.22 bits per heavy atom. The summed E-state index contributed by atoms with van der Waals surface area (Å²) in [6.45, 7) is 2.17. The summed E-state index contributed by atoms with van der Waals surface area (Å²) in [6, 6.07) is 3.58. The molecule has 0 saturated heterocycles. The van der Waals surface area contributed by atoms with Crippen molar-refractivity contribution in [1.29, 1.82) is 0 Å². The minimum atomic E-state index is -0.416. The molecule has 18 heavy (non-hydrogen) atoms. The molecule has 0 spiro atoms. The molecule has 2 aromatic heterocycles. The second-order valence-electron chi connectivity index (χ2n) is 4.82. The number of hydrogen-bond acceptors (Lipinski definition) is 4. The van der Waals surface area contributed by atoms with Crippen LogP contribution in [-0.2, 0) is 10.2 Å². The fourth-order valence-electron chi connectivity index (χ4n) is 2.03. The zero-order chi connectivity index (χ0) is 12.9. The molecule has 2 aromatic rings. The summed E-state index contributed by atoms with van der Waals surface area (Å²) in [7, 11) is 1.36. The van der Waals surface area contributed by atoms with Crippen molar-refractivity contribution in [2.45, 2.75) is 25.2 Å². The molecule has 1 aliphatic carbocycles. The highest BCUT2D eigenvalue weighted by molar-refractivity contribution is 9.10. The van der Waals surface area contributed by atoms with Gasteiger partial charge in [0.15, 0.2) is 11.3 Å². The van der Waals surface area contributed by atoms with Crippen LogP contribution in [0, 0.1) is 0 Å². The van der Waals surface area contributed by atoms with Crippen LogP contribution in [-0.4, -0.2) is 27.7 Å². The maximum atomic E-state index is 11.6. The van der Waals surface area contributed by atoms with Crippen LogP contribution < -0.4 is 0 Å². The van der Waals surface area contributed by atoms with E-state index in [0.29, 0.717) is 15.9 Å². The molecule has 94 valence electrons. The fraction of sp³-hybridized carbons (Fsp3) is 0.417. The zero-order valence-electron chi connectivity index (χ0n) is 10.1. The first-order valence-corrected chi connectivity index (χ1v) is 6.48. The van der Waals surface area contributed by atoms with Gasteiger partial charge in [-0.25, -0.2) is 14.3 Å². The largest absolute Gasteiger partial charge is 0.464 e. The van der Waals surface area contributed by atoms with Crippen LogP contribution in [0.3, 0.4) is 0 Å². The van der Waals surface area contributed by atoms with Gasteiger partial charge in [0.1, 0.15) is 4.60 Å². The number of fused-ring (bicyclic) bond motifs is 1. The maximum absolute atomic E-state index is 11.6. The van der Waals surface area contributed by atoms with Gasteiger partial charge in [-0.05, 0) is 34.8 Å². The number of methoxy groups -OCH3 is 1. The number of esters is 1. The molecule has 3 rings (SSSR count). The molecule has 6 heteroatoms. The van der Waals surface area contributed by atoms with E-state index in [1.54, 1.807) is 16.6 Å². The van der Waals surface area contributed by atoms with Crippen molar-refractivity contribution in [2.75, 3.05) is 7.11 Å². The highest BCUT2D eigenvalue weighted by Crippen LogP contribution is 2.47. The third-order valence-corrected chi connectivity index (χ3v) is 3.80. The van der Waals surface area contributed by atoms with Crippen molar-refractivity contribution in [3.63, 3.8) is 0 Å². The number of aromatic nitrogens is 3. The van der Waals surface area contributed by atoms with Crippen molar-refractivity contribution in [3.8, 4) is 0 Å². The Morgan fingerprint density at radius 1 is 1.50 bits per heavy atom. The number of carbonyl (C=O) groups excluding carboxylic acids is 1. The third-order valence-electron chi connectivity index (χ3n) is 3.41. The molecule has 1 saturated carbocycles. The lowest BCUT2D eigenvalue weighted by Gasteiger charge is -2.12. The summed E-state index contributed by atoms with van der Waals surface area (Å²) < 4.78 is 7.24. The Labute approximate surface area is 112 Å². The second-order valence-corrected chi connectivity index (χ2v) is 5.63. The summed E-state index contributed by atoms with van der Waals surface area (Å²) in [4.78, 5) is 15.9. The topological polar surface area (TPSA) is 56.5 Å². The van der Waals surface area contributed by atoms with Crippen LogP contribution in [0.2, 0.25) is 0 Å². The second kappa shape index (κ2) is 3.78. The van der Waals surface area contributed by atoms with Crippen LogP contribution in [0.5, 0.6) is 0 Å². The van der Waals surface area contributed by atoms with Gasteiger partial charge in [-0.3, -0.25) is 0 Å². The number of nitrogens with zero attached hydrogens (tertiary/aromatic N) is 3. The van der Waals surface area contributed by atoms with Crippen molar-refractivity contribution < 1.29 is 9.53 Å². The van der Waals surface area contributed by atoms with Crippen LogP contribution in [0.15, 0.2) is 16.7 Å². The first-order chi connectivity index (χ1) is 8.53. The van der Waals surface area contributed by atoms with Gasteiger partial charge < -0.3 is 4.74 Å². The Kier molecular flexibility index (Phi) is 2.45. The first-order valence-electron chi connectivity index (χ1n) is 5.69. The fourth-order valence-corrected chi connectivity index (χ4v) is 2.39. The average molecular weight is 310 g/mol. The van der Waals surface area contributed by atoms with E-state index >= 15 is 0 Å². The van der Waals surface area contributed by atoms with Crippen molar-refractivity contribution in [1.82, 2.24) is 14.6 Å². The van der Waals surface area contributed by atoms with Crippen molar-refractivity contribution in [3.05, 3.63) is 28.1 Å². The summed E-state index contributed by atoms with van der Waals surface area (Å²) in [5.74, 6) is -0.416. The van der Waals surface area contributed by atoms with E-state index in [1.807, 2.05) is 0 Å². The summed E-state index contributed by atoms with van der Waals surface area (Å²) >= 11 is 3.34. The molecule has 0 bridgehead atoms. The predicted molar refractivity (Wildman–Crippen MR) is 68.6 cm³/mol. The van der Waals surface area contributed by atoms with Gasteiger partial charge >= 0.3 is 5.97 Å². The molecule has 0 radical (unpaired) electrons. The summed E-state index contributed by atoms with van der Waals surface area (Å²) in [6.07, 6.45) is 2.20. The van der Waals surface area contributed by atoms with Gasteiger partial charge in [0.2, 0.25) is 0 Å². The quantitative estimate of drug-likeness (QED) is 0.799. The summed E-state index contributed by atoms with van der Waals surface area (Å²) in [5.41, 5.74) is 2.10. The SMILES string of the molecule is COC(=O)c1cc(C2(C)CC2)n2nc(Br)cc2n1. The lowest BCUT2D eigenvalue weighted by molar-refractivity contribution is 0.0594. The zero-order valence-corrected chi connectivity index (χ0v) is 11.7. The average Bonchev–Trinajstić information content (AvgIpc) is 2.98. The van der Waals surface area contributed by atoms with Gasteiger partial charge in [0, 0.05) is 11.5 Å². The van der Waals surface area contributed by atoms with Gasteiger partial charge in [-0.1, -0.05) is 6.92 Å². The normalized spacial score (nSPS) is 16.8. The monoisotopic (exact) mass is 309 g/mol. The molecule has 0 unspecified atom stereocenters. The van der Waals surface area contributed by atoms with Crippen LogP contribution in [0.25, 0.3) is 5.65 Å². The van der Waals surface area contributed by atoms with E-state index in [-0.39, 0.29) is 5.41 Å². The Hall–Kier alpha value is -1.43. The van der Waals surface area contributed by atoms with Gasteiger partial charge in [0.05, 0.1) is 12.8 Å². The van der Waals surface area contributed by atoms with Crippen molar-refractivity contribution in [2.24, 2.45) is 0 Å². The first kappa shape index (κ1) is 11.6. The van der Waals surface area contributed by atoms with E-state index in [4.69, 9.17) is 4.74 Å². The van der Waals surface area contributed by atoms with E-state index in [9.17, 15) is 4.79 Å². The molecule has 0 atom stereocenters. The molecule has 0 aliphatic heterocycles. The van der Waals surface area contributed by atoms with Gasteiger partial charge in [-0.15, -0.1) is 0 Å². The lowest BCUT2D eigenvalue weighted by atomic mass is 10.0. The molecule has 0 amide bonds. The van der Waals surface area contributed by atoms with Gasteiger partial charge in [0.25, 0.3) is 0 Å². The number of carbonyl (C=O) groups is 1. The third kappa shape index (κ3) is 1.71. The predicted octanol–water partition coefficient (Wildman–Crippen LogP) is 2.33. The number of rotatable bonds is 2. The molecule has 0 aromatic carbocycles. The van der Waals surface area contributed by atoms with E-state index in [1.165, 1.54) is 7.11 Å². The minimum Gasteiger partial charge on any atom is -0.464 e. The van der Waals surface area contributed by atoms with E-state index < -0.39 is 5.97 Å². The van der Waals surface area contributed by atoms with E-state index in [0.717, 1.165) is 18.5 Å². The highest BCUT2D eigenvalue weighted by Gasteiger charge is 2.42. The Morgan fingerprint density at radius 3 is 2.83 bits per heavy atom. The number of hydrogen-bond donors (Lipinski definition) is 0. The minimum absolute atomic E-state index is 0.0927. The lowest BCUT2D eigenvalue weighted by Crippen LogP contribution is -2.14. The smallest absolute Gasteiger partial charge is 0.356 e. The Bertz CT molecular complexity index is 646. The molecule has 1 aliphatic rings. The molecule has 0 N–H and O–H groups in total. The Balaban J connectivity index is 2.26. The molecule has 5 nitrogen and oxygen atoms in total. The van der Waals surface area contributed by atoms with Gasteiger partial charge in [-0.2, -0.15) is 5.10 Å². The van der Waals surface area contributed by atoms with Crippen molar-refractivity contribution >= 4 is 27.5 Å². The maximum Gasteiger partial charge on any atom is 0.356 e.